The number of carbonyl (C=O) groups excluding carboxylic acids is 1. The fourth-order valence-corrected chi connectivity index (χ4v) is 4.45. The first kappa shape index (κ1) is 24.3. The molecule has 2 aliphatic rings. The molecule has 33 heavy (non-hydrogen) atoms. The summed E-state index contributed by atoms with van der Waals surface area (Å²) in [5.74, 6) is -2.57. The van der Waals surface area contributed by atoms with Crippen molar-refractivity contribution in [1.29, 1.82) is 0 Å². The van der Waals surface area contributed by atoms with Gasteiger partial charge in [0.1, 0.15) is 5.75 Å². The number of anilines is 1. The van der Waals surface area contributed by atoms with Crippen LogP contribution >= 0.6 is 0 Å². The van der Waals surface area contributed by atoms with Crippen molar-refractivity contribution in [3.8, 4) is 5.75 Å². The average Bonchev–Trinajstić information content (AvgIpc) is 3.28. The number of piperidine rings is 1. The first-order valence-electron chi connectivity index (χ1n) is 11.2. The number of para-hydroxylation sites is 2. The molecule has 2 fully saturated rings. The minimum Gasteiger partial charge on any atom is -0.508 e. The van der Waals surface area contributed by atoms with Crippen LogP contribution < -0.4 is 4.90 Å². The first-order valence-corrected chi connectivity index (χ1v) is 11.2. The Balaban J connectivity index is 0.000000454. The molecule has 8 nitrogen and oxygen atoms in total. The van der Waals surface area contributed by atoms with E-state index >= 15 is 0 Å². The molecule has 2 aliphatic heterocycles. The standard InChI is InChI=1S/C23H28N2O2.C2H2O4/c26-22-10-4-2-8-20(22)19-13-16-24(17-19)15-12-18-7-1-3-9-21(18)25-14-6-5-11-23(25)27;3-1(4)2(5)6/h1-4,7-10,19,26H,5-6,11-17H2;(H,3,4)(H,5,6). The molecule has 1 unspecified atom stereocenters. The number of carboxylic acid groups (broad SMARTS) is 2. The van der Waals surface area contributed by atoms with E-state index in [0.717, 1.165) is 63.1 Å². The maximum absolute atomic E-state index is 12.3. The highest BCUT2D eigenvalue weighted by Crippen LogP contribution is 2.33. The highest BCUT2D eigenvalue weighted by atomic mass is 16.4. The summed E-state index contributed by atoms with van der Waals surface area (Å²) < 4.78 is 0. The van der Waals surface area contributed by atoms with Crippen molar-refractivity contribution < 1.29 is 29.7 Å². The predicted octanol–water partition coefficient (Wildman–Crippen LogP) is 3.10. The number of phenolic OH excluding ortho intramolecular Hbond substituents is 1. The van der Waals surface area contributed by atoms with Crippen LogP contribution in [0, 0.1) is 0 Å². The molecular weight excluding hydrogens is 424 g/mol. The molecule has 0 aliphatic carbocycles. The van der Waals surface area contributed by atoms with Gasteiger partial charge in [-0.25, -0.2) is 9.59 Å². The third kappa shape index (κ3) is 6.55. The van der Waals surface area contributed by atoms with E-state index in [2.05, 4.69) is 23.1 Å². The molecule has 8 heteroatoms. The molecular formula is C25H30N2O6. The lowest BCUT2D eigenvalue weighted by Crippen LogP contribution is -2.36. The molecule has 0 radical (unpaired) electrons. The molecule has 1 atom stereocenters. The number of benzene rings is 2. The fourth-order valence-electron chi connectivity index (χ4n) is 4.45. The molecule has 0 aromatic heterocycles. The van der Waals surface area contributed by atoms with Crippen LogP contribution in [0.5, 0.6) is 5.75 Å². The number of hydrogen-bond donors (Lipinski definition) is 3. The maximum atomic E-state index is 12.3. The molecule has 2 aromatic rings. The van der Waals surface area contributed by atoms with Crippen LogP contribution in [0.2, 0.25) is 0 Å². The van der Waals surface area contributed by atoms with Crippen LogP contribution in [0.3, 0.4) is 0 Å². The molecule has 3 N–H and O–H groups in total. The molecule has 0 spiro atoms. The SMILES string of the molecule is O=C(O)C(=O)O.O=C1CCCCN1c1ccccc1CCN1CCC(c2ccccc2O)C1. The van der Waals surface area contributed by atoms with Crippen molar-refractivity contribution in [2.24, 2.45) is 0 Å². The van der Waals surface area contributed by atoms with E-state index < -0.39 is 11.9 Å². The number of hydrogen-bond acceptors (Lipinski definition) is 5. The Bertz CT molecular complexity index is 980. The van der Waals surface area contributed by atoms with Crippen molar-refractivity contribution in [3.05, 3.63) is 59.7 Å². The number of aromatic hydroxyl groups is 1. The second-order valence-electron chi connectivity index (χ2n) is 8.34. The summed E-state index contributed by atoms with van der Waals surface area (Å²) in [5.41, 5.74) is 3.43. The molecule has 2 saturated heterocycles. The third-order valence-corrected chi connectivity index (χ3v) is 6.14. The zero-order valence-electron chi connectivity index (χ0n) is 18.5. The van der Waals surface area contributed by atoms with E-state index in [-0.39, 0.29) is 5.91 Å². The lowest BCUT2D eigenvalue weighted by Gasteiger charge is -2.29. The minimum absolute atomic E-state index is 0.259. The number of amides is 1. The van der Waals surface area contributed by atoms with Crippen molar-refractivity contribution in [3.63, 3.8) is 0 Å². The second-order valence-corrected chi connectivity index (χ2v) is 8.34. The number of nitrogens with zero attached hydrogens (tertiary/aromatic N) is 2. The quantitative estimate of drug-likeness (QED) is 0.594. The Labute approximate surface area is 193 Å². The van der Waals surface area contributed by atoms with E-state index in [9.17, 15) is 9.90 Å². The summed E-state index contributed by atoms with van der Waals surface area (Å²) in [6, 6.07) is 16.1. The summed E-state index contributed by atoms with van der Waals surface area (Å²) in [4.78, 5) is 35.0. The van der Waals surface area contributed by atoms with Crippen LogP contribution in [0.25, 0.3) is 0 Å². The number of likely N-dealkylation sites (tertiary alicyclic amines) is 1. The Hall–Kier alpha value is -3.39. The molecule has 176 valence electrons. The van der Waals surface area contributed by atoms with Gasteiger partial charge in [0.15, 0.2) is 0 Å². The number of rotatable bonds is 5. The Morgan fingerprint density at radius 1 is 0.939 bits per heavy atom. The van der Waals surface area contributed by atoms with Gasteiger partial charge in [-0.1, -0.05) is 36.4 Å². The zero-order chi connectivity index (χ0) is 23.8. The Morgan fingerprint density at radius 2 is 1.64 bits per heavy atom. The number of carbonyl (C=O) groups is 3. The molecule has 0 saturated carbocycles. The van der Waals surface area contributed by atoms with Gasteiger partial charge in [0.25, 0.3) is 0 Å². The Morgan fingerprint density at radius 3 is 2.33 bits per heavy atom. The maximum Gasteiger partial charge on any atom is 0.414 e. The smallest absolute Gasteiger partial charge is 0.414 e. The number of carboxylic acids is 2. The van der Waals surface area contributed by atoms with Gasteiger partial charge in [-0.2, -0.15) is 0 Å². The third-order valence-electron chi connectivity index (χ3n) is 6.14. The van der Waals surface area contributed by atoms with Gasteiger partial charge in [0.05, 0.1) is 0 Å². The van der Waals surface area contributed by atoms with E-state index in [0.29, 0.717) is 18.1 Å². The summed E-state index contributed by atoms with van der Waals surface area (Å²) in [6.45, 7) is 3.88. The zero-order valence-corrected chi connectivity index (χ0v) is 18.5. The molecule has 1 amide bonds. The number of phenols is 1. The normalized spacial score (nSPS) is 18.5. The van der Waals surface area contributed by atoms with Gasteiger partial charge in [-0.3, -0.25) is 4.79 Å². The minimum atomic E-state index is -1.82. The largest absolute Gasteiger partial charge is 0.508 e. The average molecular weight is 455 g/mol. The van der Waals surface area contributed by atoms with Gasteiger partial charge in [0, 0.05) is 37.7 Å². The summed E-state index contributed by atoms with van der Waals surface area (Å²) >= 11 is 0. The van der Waals surface area contributed by atoms with Crippen LogP contribution in [0.4, 0.5) is 5.69 Å². The first-order chi connectivity index (χ1) is 15.9. The van der Waals surface area contributed by atoms with Crippen LogP contribution in [-0.2, 0) is 20.8 Å². The second kappa shape index (κ2) is 11.5. The number of aliphatic carboxylic acids is 2. The topological polar surface area (TPSA) is 118 Å². The van der Waals surface area contributed by atoms with Crippen LogP contribution in [0.15, 0.2) is 48.5 Å². The predicted molar refractivity (Wildman–Crippen MR) is 124 cm³/mol. The molecule has 4 rings (SSSR count). The highest BCUT2D eigenvalue weighted by Gasteiger charge is 2.26. The van der Waals surface area contributed by atoms with E-state index in [4.69, 9.17) is 19.8 Å². The Kier molecular flexibility index (Phi) is 8.43. The highest BCUT2D eigenvalue weighted by molar-refractivity contribution is 6.27. The van der Waals surface area contributed by atoms with Crippen LogP contribution in [0.1, 0.15) is 42.7 Å². The molecule has 2 aromatic carbocycles. The monoisotopic (exact) mass is 454 g/mol. The van der Waals surface area contributed by atoms with Crippen LogP contribution in [-0.4, -0.2) is 64.2 Å². The summed E-state index contributed by atoms with van der Waals surface area (Å²) in [7, 11) is 0. The molecule has 2 heterocycles. The van der Waals surface area contributed by atoms with Gasteiger partial charge in [0.2, 0.25) is 5.91 Å². The van der Waals surface area contributed by atoms with Gasteiger partial charge in [-0.05, 0) is 55.5 Å². The summed E-state index contributed by atoms with van der Waals surface area (Å²) in [6.07, 6.45) is 4.81. The molecule has 0 bridgehead atoms. The van der Waals surface area contributed by atoms with E-state index in [1.165, 1.54) is 5.56 Å². The van der Waals surface area contributed by atoms with Crippen molar-refractivity contribution in [2.75, 3.05) is 31.1 Å². The van der Waals surface area contributed by atoms with Crippen molar-refractivity contribution in [1.82, 2.24) is 4.90 Å². The van der Waals surface area contributed by atoms with Gasteiger partial charge < -0.3 is 25.1 Å². The van der Waals surface area contributed by atoms with Gasteiger partial charge >= 0.3 is 11.9 Å². The van der Waals surface area contributed by atoms with E-state index in [1.807, 2.05) is 29.2 Å². The fraction of sp³-hybridized carbons (Fsp3) is 0.400. The summed E-state index contributed by atoms with van der Waals surface area (Å²) in [5, 5.41) is 24.9. The van der Waals surface area contributed by atoms with Gasteiger partial charge in [-0.15, -0.1) is 0 Å². The lowest BCUT2D eigenvalue weighted by molar-refractivity contribution is -0.159. The van der Waals surface area contributed by atoms with Crippen molar-refractivity contribution in [2.45, 2.75) is 38.0 Å². The lowest BCUT2D eigenvalue weighted by atomic mass is 9.97. The van der Waals surface area contributed by atoms with E-state index in [1.54, 1.807) is 6.07 Å². The van der Waals surface area contributed by atoms with Crippen molar-refractivity contribution >= 4 is 23.5 Å².